The molecule has 0 saturated carbocycles. The van der Waals surface area contributed by atoms with Crippen molar-refractivity contribution >= 4 is 11.6 Å². The van der Waals surface area contributed by atoms with Gasteiger partial charge in [-0.3, -0.25) is 4.79 Å². The van der Waals surface area contributed by atoms with Gasteiger partial charge in [0.05, 0.1) is 13.2 Å². The molecule has 1 aromatic rings. The number of methoxy groups -OCH3 is 1. The van der Waals surface area contributed by atoms with E-state index < -0.39 is 0 Å². The van der Waals surface area contributed by atoms with Gasteiger partial charge in [0.2, 0.25) is 5.91 Å². The van der Waals surface area contributed by atoms with Crippen LogP contribution in [0.25, 0.3) is 0 Å². The van der Waals surface area contributed by atoms with E-state index in [0.717, 1.165) is 30.8 Å². The van der Waals surface area contributed by atoms with Crippen LogP contribution in [0.4, 0.5) is 5.69 Å². The molecule has 5 nitrogen and oxygen atoms in total. The molecule has 0 aromatic heterocycles. The zero-order valence-corrected chi connectivity index (χ0v) is 12.3. The SMILES string of the molecule is CCCCNCC(=O)Nc1ccc(OCCOC)cc1. The Hall–Kier alpha value is -1.59. The average Bonchev–Trinajstić information content (AvgIpc) is 2.46. The predicted molar refractivity (Wildman–Crippen MR) is 80.2 cm³/mol. The summed E-state index contributed by atoms with van der Waals surface area (Å²) in [5.74, 6) is 0.732. The van der Waals surface area contributed by atoms with Gasteiger partial charge in [-0.15, -0.1) is 0 Å². The zero-order chi connectivity index (χ0) is 14.6. The molecule has 0 saturated heterocycles. The third-order valence-corrected chi connectivity index (χ3v) is 2.69. The number of rotatable bonds is 10. The van der Waals surface area contributed by atoms with Crippen LogP contribution in [0.5, 0.6) is 5.75 Å². The van der Waals surface area contributed by atoms with Crippen molar-refractivity contribution in [3.63, 3.8) is 0 Å². The molecule has 0 fully saturated rings. The highest BCUT2D eigenvalue weighted by Gasteiger charge is 2.02. The number of unbranched alkanes of at least 4 members (excludes halogenated alkanes) is 1. The summed E-state index contributed by atoms with van der Waals surface area (Å²) >= 11 is 0. The van der Waals surface area contributed by atoms with Crippen LogP contribution in [-0.2, 0) is 9.53 Å². The van der Waals surface area contributed by atoms with Crippen molar-refractivity contribution in [1.29, 1.82) is 0 Å². The number of carbonyl (C=O) groups excluding carboxylic acids is 1. The first-order chi connectivity index (χ1) is 9.76. The van der Waals surface area contributed by atoms with Gasteiger partial charge in [0, 0.05) is 12.8 Å². The topological polar surface area (TPSA) is 59.6 Å². The molecule has 0 heterocycles. The molecule has 0 aliphatic heterocycles. The van der Waals surface area contributed by atoms with Crippen molar-refractivity contribution in [3.05, 3.63) is 24.3 Å². The summed E-state index contributed by atoms with van der Waals surface area (Å²) in [6.07, 6.45) is 2.21. The first-order valence-corrected chi connectivity index (χ1v) is 6.98. The molecule has 2 N–H and O–H groups in total. The van der Waals surface area contributed by atoms with Crippen LogP contribution in [0, 0.1) is 0 Å². The maximum Gasteiger partial charge on any atom is 0.238 e. The Morgan fingerprint density at radius 2 is 1.95 bits per heavy atom. The molecule has 20 heavy (non-hydrogen) atoms. The predicted octanol–water partition coefficient (Wildman–Crippen LogP) is 2.04. The fraction of sp³-hybridized carbons (Fsp3) is 0.533. The lowest BCUT2D eigenvalue weighted by Crippen LogP contribution is -2.28. The maximum absolute atomic E-state index is 11.7. The normalized spacial score (nSPS) is 10.3. The van der Waals surface area contributed by atoms with E-state index in [2.05, 4.69) is 17.6 Å². The second kappa shape index (κ2) is 10.2. The lowest BCUT2D eigenvalue weighted by atomic mass is 10.3. The highest BCUT2D eigenvalue weighted by atomic mass is 16.5. The van der Waals surface area contributed by atoms with Gasteiger partial charge in [0.15, 0.2) is 0 Å². The Morgan fingerprint density at radius 3 is 2.60 bits per heavy atom. The summed E-state index contributed by atoms with van der Waals surface area (Å²) in [5.41, 5.74) is 0.770. The molecule has 0 unspecified atom stereocenters. The number of benzene rings is 1. The minimum atomic E-state index is -0.0332. The van der Waals surface area contributed by atoms with E-state index in [1.165, 1.54) is 0 Å². The average molecular weight is 280 g/mol. The Kier molecular flexibility index (Phi) is 8.42. The largest absolute Gasteiger partial charge is 0.491 e. The summed E-state index contributed by atoms with van der Waals surface area (Å²) in [7, 11) is 1.64. The number of carbonyl (C=O) groups is 1. The summed E-state index contributed by atoms with van der Waals surface area (Å²) in [5, 5.41) is 5.93. The van der Waals surface area contributed by atoms with Gasteiger partial charge in [0.25, 0.3) is 0 Å². The lowest BCUT2D eigenvalue weighted by Gasteiger charge is -2.08. The molecular formula is C15H24N2O3. The van der Waals surface area contributed by atoms with Crippen molar-refractivity contribution in [3.8, 4) is 5.75 Å². The summed E-state index contributed by atoms with van der Waals surface area (Å²) < 4.78 is 10.4. The number of hydrogen-bond donors (Lipinski definition) is 2. The van der Waals surface area contributed by atoms with Gasteiger partial charge < -0.3 is 20.1 Å². The van der Waals surface area contributed by atoms with Gasteiger partial charge in [-0.05, 0) is 37.2 Å². The van der Waals surface area contributed by atoms with Crippen molar-refractivity contribution in [1.82, 2.24) is 5.32 Å². The standard InChI is InChI=1S/C15H24N2O3/c1-3-4-9-16-12-15(18)17-13-5-7-14(8-6-13)20-11-10-19-2/h5-8,16H,3-4,9-12H2,1-2H3,(H,17,18). The first kappa shape index (κ1) is 16.5. The van der Waals surface area contributed by atoms with Gasteiger partial charge in [-0.2, -0.15) is 0 Å². The van der Waals surface area contributed by atoms with E-state index in [1.54, 1.807) is 7.11 Å². The van der Waals surface area contributed by atoms with E-state index >= 15 is 0 Å². The molecular weight excluding hydrogens is 256 g/mol. The smallest absolute Gasteiger partial charge is 0.238 e. The highest BCUT2D eigenvalue weighted by molar-refractivity contribution is 5.92. The molecule has 0 aliphatic carbocycles. The van der Waals surface area contributed by atoms with Crippen molar-refractivity contribution in [2.24, 2.45) is 0 Å². The second-order valence-corrected chi connectivity index (χ2v) is 4.44. The van der Waals surface area contributed by atoms with Gasteiger partial charge >= 0.3 is 0 Å². The molecule has 1 aromatic carbocycles. The first-order valence-electron chi connectivity index (χ1n) is 6.98. The zero-order valence-electron chi connectivity index (χ0n) is 12.3. The third-order valence-electron chi connectivity index (χ3n) is 2.69. The molecule has 112 valence electrons. The van der Waals surface area contributed by atoms with E-state index in [1.807, 2.05) is 24.3 Å². The van der Waals surface area contributed by atoms with Gasteiger partial charge in [0.1, 0.15) is 12.4 Å². The van der Waals surface area contributed by atoms with Crippen LogP contribution in [0.3, 0.4) is 0 Å². The van der Waals surface area contributed by atoms with E-state index in [-0.39, 0.29) is 5.91 Å². The highest BCUT2D eigenvalue weighted by Crippen LogP contribution is 2.15. The van der Waals surface area contributed by atoms with Gasteiger partial charge in [-0.25, -0.2) is 0 Å². The Labute approximate surface area is 120 Å². The number of nitrogens with one attached hydrogen (secondary N) is 2. The molecule has 1 amide bonds. The Morgan fingerprint density at radius 1 is 1.20 bits per heavy atom. The van der Waals surface area contributed by atoms with Crippen LogP contribution in [0.15, 0.2) is 24.3 Å². The molecule has 0 atom stereocenters. The fourth-order valence-electron chi connectivity index (χ4n) is 1.59. The number of anilines is 1. The Bertz CT molecular complexity index is 379. The van der Waals surface area contributed by atoms with Crippen LogP contribution in [0.1, 0.15) is 19.8 Å². The summed E-state index contributed by atoms with van der Waals surface area (Å²) in [6.45, 7) is 4.41. The van der Waals surface area contributed by atoms with Crippen LogP contribution < -0.4 is 15.4 Å². The fourth-order valence-corrected chi connectivity index (χ4v) is 1.59. The lowest BCUT2D eigenvalue weighted by molar-refractivity contribution is -0.115. The molecule has 5 heteroatoms. The van der Waals surface area contributed by atoms with Crippen molar-refractivity contribution < 1.29 is 14.3 Å². The second-order valence-electron chi connectivity index (χ2n) is 4.44. The molecule has 0 bridgehead atoms. The molecule has 0 aliphatic rings. The van der Waals surface area contributed by atoms with Gasteiger partial charge in [-0.1, -0.05) is 13.3 Å². The van der Waals surface area contributed by atoms with Crippen LogP contribution >= 0.6 is 0 Å². The number of ether oxygens (including phenoxy) is 2. The monoisotopic (exact) mass is 280 g/mol. The minimum Gasteiger partial charge on any atom is -0.491 e. The van der Waals surface area contributed by atoms with Crippen molar-refractivity contribution in [2.75, 3.05) is 38.7 Å². The van der Waals surface area contributed by atoms with E-state index in [0.29, 0.717) is 19.8 Å². The van der Waals surface area contributed by atoms with E-state index in [4.69, 9.17) is 9.47 Å². The maximum atomic E-state index is 11.7. The van der Waals surface area contributed by atoms with Crippen LogP contribution in [-0.4, -0.2) is 39.3 Å². The number of amides is 1. The quantitative estimate of drug-likeness (QED) is 0.644. The third kappa shape index (κ3) is 7.11. The summed E-state index contributed by atoms with van der Waals surface area (Å²) in [6, 6.07) is 7.31. The number of hydrogen-bond acceptors (Lipinski definition) is 4. The minimum absolute atomic E-state index is 0.0332. The Balaban J connectivity index is 2.27. The van der Waals surface area contributed by atoms with Crippen LogP contribution in [0.2, 0.25) is 0 Å². The molecule has 1 rings (SSSR count). The molecule has 0 spiro atoms. The van der Waals surface area contributed by atoms with Crippen molar-refractivity contribution in [2.45, 2.75) is 19.8 Å². The van der Waals surface area contributed by atoms with E-state index in [9.17, 15) is 4.79 Å². The summed E-state index contributed by atoms with van der Waals surface area (Å²) in [4.78, 5) is 11.7. The molecule has 0 radical (unpaired) electrons.